The van der Waals surface area contributed by atoms with Crippen molar-refractivity contribution in [2.45, 2.75) is 20.8 Å². The topological polar surface area (TPSA) is 45.2 Å². The Hall–Kier alpha value is -2.95. The van der Waals surface area contributed by atoms with Gasteiger partial charge in [-0.2, -0.15) is 0 Å². The molecule has 0 radical (unpaired) electrons. The Morgan fingerprint density at radius 1 is 1.04 bits per heavy atom. The fourth-order valence-electron chi connectivity index (χ4n) is 3.04. The number of rotatable bonds is 3. The summed E-state index contributed by atoms with van der Waals surface area (Å²) >= 11 is 0. The Balaban J connectivity index is 1.97. The molecule has 134 valence electrons. The van der Waals surface area contributed by atoms with Crippen LogP contribution in [0.1, 0.15) is 27.2 Å². The van der Waals surface area contributed by atoms with Crippen LogP contribution in [-0.4, -0.2) is 25.0 Å². The van der Waals surface area contributed by atoms with Gasteiger partial charge in [0.15, 0.2) is 0 Å². The van der Waals surface area contributed by atoms with Gasteiger partial charge < -0.3 is 10.2 Å². The molecule has 0 bridgehead atoms. The lowest BCUT2D eigenvalue weighted by Gasteiger charge is -2.18. The molecule has 1 heterocycles. The van der Waals surface area contributed by atoms with Gasteiger partial charge in [0.1, 0.15) is 5.82 Å². The van der Waals surface area contributed by atoms with E-state index in [2.05, 4.69) is 10.3 Å². The summed E-state index contributed by atoms with van der Waals surface area (Å²) in [6.45, 7) is 5.71. The Labute approximate surface area is 152 Å². The molecule has 0 saturated heterocycles. The van der Waals surface area contributed by atoms with Crippen LogP contribution in [0.25, 0.3) is 10.9 Å². The van der Waals surface area contributed by atoms with Gasteiger partial charge in [0.2, 0.25) is 0 Å². The number of carbonyl (C=O) groups excluding carboxylic acids is 1. The van der Waals surface area contributed by atoms with Crippen molar-refractivity contribution in [2.24, 2.45) is 0 Å². The van der Waals surface area contributed by atoms with Gasteiger partial charge in [0.05, 0.1) is 16.8 Å². The number of carbonyl (C=O) groups is 1. The average molecular weight is 351 g/mol. The van der Waals surface area contributed by atoms with Gasteiger partial charge in [-0.3, -0.25) is 9.78 Å². The fraction of sp³-hybridized carbons (Fsp3) is 0.238. The SMILES string of the molecule is Cc1cc(N(C)C)cc(C)c1NC(=O)c1cc2ccc(F)cc2nc1C. The second-order valence-corrected chi connectivity index (χ2v) is 6.76. The summed E-state index contributed by atoms with van der Waals surface area (Å²) in [5.74, 6) is -0.557. The van der Waals surface area contributed by atoms with Crippen molar-refractivity contribution < 1.29 is 9.18 Å². The van der Waals surface area contributed by atoms with E-state index in [0.717, 1.165) is 27.9 Å². The molecule has 0 fully saturated rings. The van der Waals surface area contributed by atoms with Crippen molar-refractivity contribution in [3.05, 3.63) is 64.6 Å². The maximum absolute atomic E-state index is 13.4. The molecule has 2 aromatic carbocycles. The van der Waals surface area contributed by atoms with Gasteiger partial charge in [0, 0.05) is 36.9 Å². The molecule has 1 N–H and O–H groups in total. The summed E-state index contributed by atoms with van der Waals surface area (Å²) in [5.41, 5.74) is 5.48. The van der Waals surface area contributed by atoms with E-state index in [1.54, 1.807) is 19.1 Å². The number of nitrogens with zero attached hydrogens (tertiary/aromatic N) is 2. The summed E-state index contributed by atoms with van der Waals surface area (Å²) < 4.78 is 13.4. The molecular formula is C21H22FN3O. The monoisotopic (exact) mass is 351 g/mol. The molecule has 0 aliphatic heterocycles. The van der Waals surface area contributed by atoms with Crippen molar-refractivity contribution in [1.29, 1.82) is 0 Å². The zero-order valence-corrected chi connectivity index (χ0v) is 15.6. The average Bonchev–Trinajstić information content (AvgIpc) is 2.56. The highest BCUT2D eigenvalue weighted by atomic mass is 19.1. The first-order chi connectivity index (χ1) is 12.3. The van der Waals surface area contributed by atoms with Gasteiger partial charge in [-0.05, 0) is 62.2 Å². The Kier molecular flexibility index (Phi) is 4.64. The smallest absolute Gasteiger partial charge is 0.257 e. The number of aromatic nitrogens is 1. The van der Waals surface area contributed by atoms with Crippen LogP contribution in [0, 0.1) is 26.6 Å². The molecule has 26 heavy (non-hydrogen) atoms. The van der Waals surface area contributed by atoms with Gasteiger partial charge in [-0.1, -0.05) is 0 Å². The highest BCUT2D eigenvalue weighted by Crippen LogP contribution is 2.27. The van der Waals surface area contributed by atoms with Crippen molar-refractivity contribution >= 4 is 28.2 Å². The molecule has 0 atom stereocenters. The summed E-state index contributed by atoms with van der Waals surface area (Å²) in [7, 11) is 3.97. The van der Waals surface area contributed by atoms with Crippen LogP contribution in [0.2, 0.25) is 0 Å². The summed E-state index contributed by atoms with van der Waals surface area (Å²) in [5, 5.41) is 3.74. The highest BCUT2D eigenvalue weighted by Gasteiger charge is 2.15. The molecule has 0 spiro atoms. The van der Waals surface area contributed by atoms with Crippen molar-refractivity contribution in [3.8, 4) is 0 Å². The number of halogens is 1. The highest BCUT2D eigenvalue weighted by molar-refractivity contribution is 6.07. The van der Waals surface area contributed by atoms with Crippen LogP contribution in [0.4, 0.5) is 15.8 Å². The molecule has 1 amide bonds. The van der Waals surface area contributed by atoms with Crippen LogP contribution in [0.3, 0.4) is 0 Å². The summed E-state index contributed by atoms with van der Waals surface area (Å²) in [6, 6.07) is 10.2. The predicted octanol–water partition coefficient (Wildman–Crippen LogP) is 4.62. The van der Waals surface area contributed by atoms with Crippen molar-refractivity contribution in [2.75, 3.05) is 24.3 Å². The largest absolute Gasteiger partial charge is 0.378 e. The maximum Gasteiger partial charge on any atom is 0.257 e. The second kappa shape index (κ2) is 6.75. The normalized spacial score (nSPS) is 10.8. The van der Waals surface area contributed by atoms with Crippen LogP contribution < -0.4 is 10.2 Å². The standard InChI is InChI=1S/C21H22FN3O/c1-12-8-17(25(4)5)9-13(2)20(12)24-21(26)18-10-15-6-7-16(22)11-19(15)23-14(18)3/h6-11H,1-5H3,(H,24,26). The number of fused-ring (bicyclic) bond motifs is 1. The Morgan fingerprint density at radius 2 is 1.69 bits per heavy atom. The third kappa shape index (κ3) is 3.38. The zero-order chi connectivity index (χ0) is 19.0. The minimum Gasteiger partial charge on any atom is -0.378 e. The molecule has 1 aromatic heterocycles. The number of nitrogens with one attached hydrogen (secondary N) is 1. The first-order valence-corrected chi connectivity index (χ1v) is 8.43. The minimum atomic E-state index is -0.339. The Bertz CT molecular complexity index is 989. The number of hydrogen-bond donors (Lipinski definition) is 1. The van der Waals surface area contributed by atoms with Gasteiger partial charge >= 0.3 is 0 Å². The van der Waals surface area contributed by atoms with E-state index >= 15 is 0 Å². The van der Waals surface area contributed by atoms with Gasteiger partial charge in [0.25, 0.3) is 5.91 Å². The van der Waals surface area contributed by atoms with Crippen LogP contribution in [0.15, 0.2) is 36.4 Å². The quantitative estimate of drug-likeness (QED) is 0.749. The number of hydrogen-bond acceptors (Lipinski definition) is 3. The van der Waals surface area contributed by atoms with Crippen LogP contribution in [-0.2, 0) is 0 Å². The summed E-state index contributed by atoms with van der Waals surface area (Å²) in [4.78, 5) is 19.2. The zero-order valence-electron chi connectivity index (χ0n) is 15.6. The fourth-order valence-corrected chi connectivity index (χ4v) is 3.04. The van der Waals surface area contributed by atoms with Gasteiger partial charge in [-0.25, -0.2) is 4.39 Å². The molecule has 0 saturated carbocycles. The Morgan fingerprint density at radius 3 is 2.31 bits per heavy atom. The lowest BCUT2D eigenvalue weighted by atomic mass is 10.1. The van der Waals surface area contributed by atoms with E-state index in [4.69, 9.17) is 0 Å². The molecule has 0 unspecified atom stereocenters. The van der Waals surface area contributed by atoms with Crippen molar-refractivity contribution in [3.63, 3.8) is 0 Å². The lowest BCUT2D eigenvalue weighted by Crippen LogP contribution is -2.17. The molecule has 0 aliphatic carbocycles. The first kappa shape index (κ1) is 17.9. The maximum atomic E-state index is 13.4. The molecular weight excluding hydrogens is 329 g/mol. The van der Waals surface area contributed by atoms with Crippen molar-refractivity contribution in [1.82, 2.24) is 4.98 Å². The van der Waals surface area contributed by atoms with Crippen LogP contribution in [0.5, 0.6) is 0 Å². The number of aryl methyl sites for hydroxylation is 3. The molecule has 3 aromatic rings. The van der Waals surface area contributed by atoms with E-state index in [1.165, 1.54) is 12.1 Å². The number of pyridine rings is 1. The predicted molar refractivity (Wildman–Crippen MR) is 105 cm³/mol. The third-order valence-corrected chi connectivity index (χ3v) is 4.49. The van der Waals surface area contributed by atoms with E-state index < -0.39 is 0 Å². The lowest BCUT2D eigenvalue weighted by molar-refractivity contribution is 0.102. The molecule has 3 rings (SSSR count). The molecule has 0 aliphatic rings. The molecule has 4 nitrogen and oxygen atoms in total. The van der Waals surface area contributed by atoms with Gasteiger partial charge in [-0.15, -0.1) is 0 Å². The van der Waals surface area contributed by atoms with E-state index in [0.29, 0.717) is 16.8 Å². The second-order valence-electron chi connectivity index (χ2n) is 6.76. The molecule has 5 heteroatoms. The van der Waals surface area contributed by atoms with Crippen LogP contribution >= 0.6 is 0 Å². The number of anilines is 2. The number of benzene rings is 2. The summed E-state index contributed by atoms with van der Waals surface area (Å²) in [6.07, 6.45) is 0. The van der Waals surface area contributed by atoms with E-state index in [9.17, 15) is 9.18 Å². The third-order valence-electron chi connectivity index (χ3n) is 4.49. The van der Waals surface area contributed by atoms with E-state index in [-0.39, 0.29) is 11.7 Å². The van der Waals surface area contributed by atoms with E-state index in [1.807, 2.05) is 45.0 Å². The minimum absolute atomic E-state index is 0.218. The first-order valence-electron chi connectivity index (χ1n) is 8.43. The number of amides is 1.